The molecule has 178 valence electrons. The van der Waals surface area contributed by atoms with E-state index in [1.165, 1.54) is 4.52 Å². The van der Waals surface area contributed by atoms with Crippen LogP contribution in [0.25, 0.3) is 16.9 Å². The molecular weight excluding hydrogens is 434 g/mol. The summed E-state index contributed by atoms with van der Waals surface area (Å²) in [5.74, 6) is -0.459. The molecule has 9 heteroatoms. The molecule has 5 rings (SSSR count). The molecule has 34 heavy (non-hydrogen) atoms. The molecule has 2 aromatic heterocycles. The lowest BCUT2D eigenvalue weighted by Crippen LogP contribution is -2.37. The van der Waals surface area contributed by atoms with Crippen LogP contribution >= 0.6 is 0 Å². The number of fused-ring (bicyclic) bond motifs is 2. The molecule has 2 amide bonds. The van der Waals surface area contributed by atoms with Crippen molar-refractivity contribution >= 4 is 17.5 Å². The molecule has 3 aromatic rings. The molecule has 1 fully saturated rings. The van der Waals surface area contributed by atoms with E-state index < -0.39 is 0 Å². The minimum atomic E-state index is -0.325. The van der Waals surface area contributed by atoms with Crippen LogP contribution in [-0.4, -0.2) is 56.2 Å². The Bertz CT molecular complexity index is 1290. The van der Waals surface area contributed by atoms with Gasteiger partial charge in [-0.25, -0.2) is 0 Å². The number of amides is 2. The van der Waals surface area contributed by atoms with E-state index in [-0.39, 0.29) is 48.3 Å². The first-order chi connectivity index (χ1) is 16.5. The van der Waals surface area contributed by atoms with Gasteiger partial charge in [-0.05, 0) is 26.2 Å². The molecule has 0 bridgehead atoms. The Kier molecular flexibility index (Phi) is 5.95. The van der Waals surface area contributed by atoms with Gasteiger partial charge in [0.1, 0.15) is 17.9 Å². The van der Waals surface area contributed by atoms with Crippen LogP contribution in [0.4, 0.5) is 0 Å². The number of nitrogens with one attached hydrogen (secondary N) is 1. The lowest BCUT2D eigenvalue weighted by atomic mass is 10.1. The van der Waals surface area contributed by atoms with E-state index in [9.17, 15) is 14.4 Å². The number of rotatable bonds is 7. The predicted molar refractivity (Wildman–Crippen MR) is 126 cm³/mol. The fourth-order valence-electron chi connectivity index (χ4n) is 4.68. The summed E-state index contributed by atoms with van der Waals surface area (Å²) in [6.45, 7) is 5.17. The van der Waals surface area contributed by atoms with Crippen molar-refractivity contribution in [2.45, 2.75) is 58.3 Å². The Hall–Kier alpha value is -3.46. The van der Waals surface area contributed by atoms with Gasteiger partial charge in [0, 0.05) is 30.8 Å². The van der Waals surface area contributed by atoms with Crippen molar-refractivity contribution in [1.29, 1.82) is 0 Å². The molecule has 0 spiro atoms. The fourth-order valence-corrected chi connectivity index (χ4v) is 4.68. The Morgan fingerprint density at radius 3 is 2.76 bits per heavy atom. The minimum Gasteiger partial charge on any atom is -0.376 e. The zero-order chi connectivity index (χ0) is 23.8. The summed E-state index contributed by atoms with van der Waals surface area (Å²) in [5.41, 5.74) is 2.21. The van der Waals surface area contributed by atoms with Gasteiger partial charge in [0.2, 0.25) is 5.91 Å². The smallest absolute Gasteiger partial charge is 0.280 e. The largest absolute Gasteiger partial charge is 0.376 e. The molecule has 1 aromatic carbocycles. The molecule has 4 heterocycles. The monoisotopic (exact) mass is 463 g/mol. The van der Waals surface area contributed by atoms with Gasteiger partial charge in [-0.15, -0.1) is 0 Å². The third-order valence-corrected chi connectivity index (χ3v) is 6.65. The molecular formula is C25H29N5O4. The highest BCUT2D eigenvalue weighted by atomic mass is 16.5. The second-order valence-corrected chi connectivity index (χ2v) is 9.08. The van der Waals surface area contributed by atoms with Gasteiger partial charge in [-0.1, -0.05) is 37.3 Å². The number of nitrogens with zero attached hydrogens (tertiary/aromatic N) is 4. The normalized spacial score (nSPS) is 18.5. The van der Waals surface area contributed by atoms with Crippen LogP contribution in [0.2, 0.25) is 0 Å². The predicted octanol–water partition coefficient (Wildman–Crippen LogP) is 2.21. The number of ether oxygens (including phenoxy) is 1. The van der Waals surface area contributed by atoms with Gasteiger partial charge in [0.15, 0.2) is 0 Å². The zero-order valence-corrected chi connectivity index (χ0v) is 19.5. The van der Waals surface area contributed by atoms with Crippen LogP contribution < -0.4 is 10.9 Å². The molecule has 9 nitrogen and oxygen atoms in total. The Morgan fingerprint density at radius 2 is 2.06 bits per heavy atom. The third kappa shape index (κ3) is 4.00. The van der Waals surface area contributed by atoms with Crippen LogP contribution in [0.5, 0.6) is 0 Å². The topological polar surface area (TPSA) is 97.9 Å². The van der Waals surface area contributed by atoms with Crippen molar-refractivity contribution in [2.24, 2.45) is 0 Å². The lowest BCUT2D eigenvalue weighted by molar-refractivity contribution is -0.122. The average Bonchev–Trinajstić information content (AvgIpc) is 3.58. The van der Waals surface area contributed by atoms with Crippen LogP contribution in [0, 0.1) is 0 Å². The first kappa shape index (κ1) is 22.3. The van der Waals surface area contributed by atoms with E-state index in [1.54, 1.807) is 15.5 Å². The molecule has 2 atom stereocenters. The number of hydrogen-bond donors (Lipinski definition) is 1. The van der Waals surface area contributed by atoms with Gasteiger partial charge in [-0.3, -0.25) is 14.4 Å². The van der Waals surface area contributed by atoms with Crippen LogP contribution in [0.15, 0.2) is 41.2 Å². The number of carbonyl (C=O) groups is 2. The molecule has 1 saturated heterocycles. The summed E-state index contributed by atoms with van der Waals surface area (Å²) in [6, 6.07) is 11.3. The molecule has 2 aliphatic heterocycles. The molecule has 2 aliphatic rings. The maximum absolute atomic E-state index is 13.5. The van der Waals surface area contributed by atoms with E-state index in [4.69, 9.17) is 4.74 Å². The zero-order valence-electron chi connectivity index (χ0n) is 19.5. The van der Waals surface area contributed by atoms with Gasteiger partial charge < -0.3 is 19.5 Å². The molecule has 0 saturated carbocycles. The van der Waals surface area contributed by atoms with E-state index in [0.717, 1.165) is 24.8 Å². The summed E-state index contributed by atoms with van der Waals surface area (Å²) in [6.07, 6.45) is 2.64. The highest BCUT2D eigenvalue weighted by Gasteiger charge is 2.36. The van der Waals surface area contributed by atoms with E-state index in [2.05, 4.69) is 10.4 Å². The first-order valence-corrected chi connectivity index (χ1v) is 11.9. The second kappa shape index (κ2) is 9.06. The van der Waals surface area contributed by atoms with Crippen molar-refractivity contribution in [1.82, 2.24) is 24.4 Å². The van der Waals surface area contributed by atoms with E-state index in [0.29, 0.717) is 30.1 Å². The second-order valence-electron chi connectivity index (χ2n) is 9.08. The maximum atomic E-state index is 13.5. The standard InChI is InChI=1S/C25H29N5O4/c1-3-16(2)26-21(31)15-29-22-12-20(17-8-5-4-6-9-17)27-30(22)24(32)19-14-28(25(33)23(19)29)13-18-10-7-11-34-18/h4-6,8-9,12,16,18H,3,7,10-11,13-15H2,1-2H3,(H,26,31). The van der Waals surface area contributed by atoms with Crippen LogP contribution in [-0.2, 0) is 22.6 Å². The van der Waals surface area contributed by atoms with Crippen molar-refractivity contribution in [2.75, 3.05) is 13.2 Å². The molecule has 0 aliphatic carbocycles. The van der Waals surface area contributed by atoms with Crippen LogP contribution in [0.1, 0.15) is 49.2 Å². The van der Waals surface area contributed by atoms with Gasteiger partial charge in [-0.2, -0.15) is 9.61 Å². The maximum Gasteiger partial charge on any atom is 0.280 e. The SMILES string of the molecule is CCC(C)NC(=O)Cn1c2c(c(=O)n3nc(-c4ccccc4)cc13)CN(CC1CCCO1)C2=O. The first-order valence-electron chi connectivity index (χ1n) is 11.9. The van der Waals surface area contributed by atoms with Gasteiger partial charge >= 0.3 is 0 Å². The fraction of sp³-hybridized carbons (Fsp3) is 0.440. The summed E-state index contributed by atoms with van der Waals surface area (Å²) >= 11 is 0. The number of carbonyl (C=O) groups excluding carboxylic acids is 2. The molecule has 1 N–H and O–H groups in total. The van der Waals surface area contributed by atoms with Crippen molar-refractivity contribution in [3.8, 4) is 11.3 Å². The highest BCUT2D eigenvalue weighted by molar-refractivity contribution is 5.98. The molecule has 2 unspecified atom stereocenters. The van der Waals surface area contributed by atoms with E-state index >= 15 is 0 Å². The third-order valence-electron chi connectivity index (χ3n) is 6.65. The quantitative estimate of drug-likeness (QED) is 0.579. The summed E-state index contributed by atoms with van der Waals surface area (Å²) in [7, 11) is 0. The number of aromatic nitrogens is 3. The minimum absolute atomic E-state index is 0.00690. The summed E-state index contributed by atoms with van der Waals surface area (Å²) in [4.78, 5) is 41.4. The van der Waals surface area contributed by atoms with E-state index in [1.807, 2.05) is 44.2 Å². The Balaban J connectivity index is 1.60. The Morgan fingerprint density at radius 1 is 1.26 bits per heavy atom. The van der Waals surface area contributed by atoms with Gasteiger partial charge in [0.25, 0.3) is 11.5 Å². The molecule has 0 radical (unpaired) electrons. The average molecular weight is 464 g/mol. The van der Waals surface area contributed by atoms with Crippen LogP contribution in [0.3, 0.4) is 0 Å². The summed E-state index contributed by atoms with van der Waals surface area (Å²) < 4.78 is 8.67. The van der Waals surface area contributed by atoms with Crippen molar-refractivity contribution in [3.63, 3.8) is 0 Å². The summed E-state index contributed by atoms with van der Waals surface area (Å²) in [5, 5.41) is 7.51. The highest BCUT2D eigenvalue weighted by Crippen LogP contribution is 2.26. The van der Waals surface area contributed by atoms with Crippen molar-refractivity contribution < 1.29 is 14.3 Å². The Labute approximate surface area is 197 Å². The van der Waals surface area contributed by atoms with Gasteiger partial charge in [0.05, 0.1) is 23.9 Å². The van der Waals surface area contributed by atoms with Crippen molar-refractivity contribution in [3.05, 3.63) is 58.0 Å². The number of benzene rings is 1. The number of hydrogen-bond acceptors (Lipinski definition) is 5. The lowest BCUT2D eigenvalue weighted by Gasteiger charge is -2.20.